The number of aliphatic hydroxyl groups excluding tert-OH is 1. The quantitative estimate of drug-likeness (QED) is 0.928. The number of ether oxygens (including phenoxy) is 1. The molecule has 5 heteroatoms. The number of hydrogen-bond acceptors (Lipinski definition) is 3. The van der Waals surface area contributed by atoms with E-state index in [-0.39, 0.29) is 12.3 Å². The summed E-state index contributed by atoms with van der Waals surface area (Å²) < 4.78 is 19.4. The molecule has 0 aliphatic heterocycles. The molecule has 0 amide bonds. The summed E-state index contributed by atoms with van der Waals surface area (Å²) in [6.45, 7) is 1.61. The number of aromatic nitrogens is 1. The van der Waals surface area contributed by atoms with Gasteiger partial charge in [0.15, 0.2) is 0 Å². The van der Waals surface area contributed by atoms with E-state index in [1.165, 1.54) is 25.4 Å². The summed E-state index contributed by atoms with van der Waals surface area (Å²) in [5.74, 6) is -0.1000. The van der Waals surface area contributed by atoms with Gasteiger partial charge in [0, 0.05) is 22.8 Å². The van der Waals surface area contributed by atoms with Gasteiger partial charge in [-0.2, -0.15) is 0 Å². The Hall–Kier alpha value is -1.91. The van der Waals surface area contributed by atoms with E-state index in [4.69, 9.17) is 21.4 Å². The van der Waals surface area contributed by atoms with Gasteiger partial charge in [-0.1, -0.05) is 23.7 Å². The van der Waals surface area contributed by atoms with Gasteiger partial charge in [0.05, 0.1) is 13.7 Å². The van der Waals surface area contributed by atoms with E-state index in [2.05, 4.69) is 4.98 Å². The Morgan fingerprint density at radius 2 is 2.24 bits per heavy atom. The van der Waals surface area contributed by atoms with Crippen molar-refractivity contribution in [3.05, 3.63) is 57.9 Å². The third-order valence-electron chi connectivity index (χ3n) is 3.17. The Morgan fingerprint density at radius 1 is 1.48 bits per heavy atom. The Morgan fingerprint density at radius 3 is 2.90 bits per heavy atom. The highest BCUT2D eigenvalue weighted by Gasteiger charge is 2.09. The van der Waals surface area contributed by atoms with Crippen LogP contribution in [0.2, 0.25) is 5.02 Å². The first-order valence-corrected chi connectivity index (χ1v) is 6.71. The molecule has 0 bridgehead atoms. The van der Waals surface area contributed by atoms with Crippen LogP contribution in [0, 0.1) is 6.92 Å². The van der Waals surface area contributed by atoms with Crippen molar-refractivity contribution in [3.63, 3.8) is 0 Å². The van der Waals surface area contributed by atoms with Crippen LogP contribution in [0.25, 0.3) is 11.9 Å². The molecule has 0 spiro atoms. The van der Waals surface area contributed by atoms with Crippen LogP contribution in [0.4, 0.5) is 4.39 Å². The lowest BCUT2D eigenvalue weighted by Gasteiger charge is -2.08. The summed E-state index contributed by atoms with van der Waals surface area (Å²) in [5.41, 5.74) is 2.14. The molecule has 2 rings (SSSR count). The Labute approximate surface area is 127 Å². The van der Waals surface area contributed by atoms with Gasteiger partial charge in [0.25, 0.3) is 0 Å². The van der Waals surface area contributed by atoms with E-state index in [0.717, 1.165) is 5.56 Å². The van der Waals surface area contributed by atoms with Crippen molar-refractivity contribution in [2.45, 2.75) is 13.5 Å². The SMILES string of the molecule is COc1cc(/C(F)=C/c2cccc(Cl)c2C)ncc1CO. The molecule has 0 aliphatic rings. The van der Waals surface area contributed by atoms with E-state index in [1.54, 1.807) is 18.2 Å². The predicted octanol–water partition coefficient (Wildman–Crippen LogP) is 4.01. The van der Waals surface area contributed by atoms with Crippen molar-refractivity contribution in [2.75, 3.05) is 7.11 Å². The zero-order chi connectivity index (χ0) is 15.4. The van der Waals surface area contributed by atoms with Crippen molar-refractivity contribution >= 4 is 23.5 Å². The molecule has 0 fully saturated rings. The molecule has 0 unspecified atom stereocenters. The van der Waals surface area contributed by atoms with E-state index >= 15 is 0 Å². The normalized spacial score (nSPS) is 11.6. The van der Waals surface area contributed by atoms with Crippen LogP contribution in [-0.2, 0) is 6.61 Å². The lowest BCUT2D eigenvalue weighted by Crippen LogP contribution is -1.96. The average Bonchev–Trinajstić information content (AvgIpc) is 2.51. The van der Waals surface area contributed by atoms with Gasteiger partial charge in [-0.25, -0.2) is 4.39 Å². The van der Waals surface area contributed by atoms with Crippen LogP contribution in [0.15, 0.2) is 30.5 Å². The zero-order valence-corrected chi connectivity index (χ0v) is 12.5. The zero-order valence-electron chi connectivity index (χ0n) is 11.7. The van der Waals surface area contributed by atoms with Crippen molar-refractivity contribution < 1.29 is 14.2 Å². The summed E-state index contributed by atoms with van der Waals surface area (Å²) in [6, 6.07) is 6.75. The minimum absolute atomic E-state index is 0.142. The monoisotopic (exact) mass is 307 g/mol. The second kappa shape index (κ2) is 6.70. The first kappa shape index (κ1) is 15.5. The highest BCUT2D eigenvalue weighted by Crippen LogP contribution is 2.27. The lowest BCUT2D eigenvalue weighted by molar-refractivity contribution is 0.273. The van der Waals surface area contributed by atoms with Crippen LogP contribution in [0.5, 0.6) is 5.75 Å². The summed E-state index contributed by atoms with van der Waals surface area (Å²) in [6.07, 6.45) is 2.77. The number of halogens is 2. The summed E-state index contributed by atoms with van der Waals surface area (Å²) >= 11 is 6.02. The molecule has 110 valence electrons. The standard InChI is InChI=1S/C16H15ClFNO2/c1-10-11(4-3-5-13(10)17)6-14(18)15-7-16(21-2)12(9-20)8-19-15/h3-8,20H,9H2,1-2H3/b14-6-. The first-order valence-electron chi connectivity index (χ1n) is 6.33. The Kier molecular flexibility index (Phi) is 4.94. The molecule has 1 aromatic heterocycles. The van der Waals surface area contributed by atoms with Gasteiger partial charge in [-0.3, -0.25) is 4.98 Å². The van der Waals surface area contributed by atoms with Crippen molar-refractivity contribution in [1.82, 2.24) is 4.98 Å². The van der Waals surface area contributed by atoms with Crippen LogP contribution < -0.4 is 4.74 Å². The summed E-state index contributed by atoms with van der Waals surface area (Å²) in [5, 5.41) is 9.72. The molecule has 0 atom stereocenters. The van der Waals surface area contributed by atoms with Gasteiger partial charge in [0.1, 0.15) is 17.3 Å². The number of hydrogen-bond donors (Lipinski definition) is 1. The molecule has 1 aromatic carbocycles. The molecule has 1 N–H and O–H groups in total. The van der Waals surface area contributed by atoms with Crippen LogP contribution in [-0.4, -0.2) is 17.2 Å². The van der Waals surface area contributed by atoms with Gasteiger partial charge in [0.2, 0.25) is 0 Å². The third-order valence-corrected chi connectivity index (χ3v) is 3.58. The molecule has 2 aromatic rings. The number of benzene rings is 1. The number of nitrogens with zero attached hydrogens (tertiary/aromatic N) is 1. The third kappa shape index (κ3) is 3.40. The maximum Gasteiger partial charge on any atom is 0.149 e. The fraction of sp³-hybridized carbons (Fsp3) is 0.188. The van der Waals surface area contributed by atoms with Crippen LogP contribution >= 0.6 is 11.6 Å². The Balaban J connectivity index is 2.41. The predicted molar refractivity (Wildman–Crippen MR) is 81.9 cm³/mol. The van der Waals surface area contributed by atoms with E-state index in [1.807, 2.05) is 6.92 Å². The van der Waals surface area contributed by atoms with E-state index in [9.17, 15) is 4.39 Å². The molecule has 21 heavy (non-hydrogen) atoms. The smallest absolute Gasteiger partial charge is 0.149 e. The van der Waals surface area contributed by atoms with Crippen molar-refractivity contribution in [1.29, 1.82) is 0 Å². The molecule has 0 aliphatic carbocycles. The van der Waals surface area contributed by atoms with Crippen molar-refractivity contribution in [3.8, 4) is 5.75 Å². The summed E-state index contributed by atoms with van der Waals surface area (Å²) in [7, 11) is 1.46. The van der Waals surface area contributed by atoms with Gasteiger partial charge >= 0.3 is 0 Å². The minimum Gasteiger partial charge on any atom is -0.496 e. The highest BCUT2D eigenvalue weighted by molar-refractivity contribution is 6.31. The molecule has 0 radical (unpaired) electrons. The molecule has 0 saturated carbocycles. The number of rotatable bonds is 4. The maximum atomic E-state index is 14.3. The number of pyridine rings is 1. The maximum absolute atomic E-state index is 14.3. The van der Waals surface area contributed by atoms with E-state index < -0.39 is 5.83 Å². The fourth-order valence-corrected chi connectivity index (χ4v) is 2.08. The Bertz CT molecular complexity index is 686. The molecule has 3 nitrogen and oxygen atoms in total. The topological polar surface area (TPSA) is 42.4 Å². The lowest BCUT2D eigenvalue weighted by atomic mass is 10.1. The van der Waals surface area contributed by atoms with E-state index in [0.29, 0.717) is 21.9 Å². The minimum atomic E-state index is -0.497. The number of aliphatic hydroxyl groups is 1. The second-order valence-electron chi connectivity index (χ2n) is 4.49. The molecule has 0 saturated heterocycles. The highest BCUT2D eigenvalue weighted by atomic mass is 35.5. The van der Waals surface area contributed by atoms with Crippen molar-refractivity contribution in [2.24, 2.45) is 0 Å². The largest absolute Gasteiger partial charge is 0.496 e. The van der Waals surface area contributed by atoms with Gasteiger partial charge < -0.3 is 9.84 Å². The second-order valence-corrected chi connectivity index (χ2v) is 4.89. The first-order chi connectivity index (χ1) is 10.1. The van der Waals surface area contributed by atoms with Crippen LogP contribution in [0.1, 0.15) is 22.4 Å². The van der Waals surface area contributed by atoms with Crippen LogP contribution in [0.3, 0.4) is 0 Å². The number of methoxy groups -OCH3 is 1. The summed E-state index contributed by atoms with van der Waals surface area (Å²) in [4.78, 5) is 3.99. The molecule has 1 heterocycles. The fourth-order valence-electron chi connectivity index (χ4n) is 1.90. The molecular weight excluding hydrogens is 293 g/mol. The van der Waals surface area contributed by atoms with Gasteiger partial charge in [-0.05, 0) is 30.2 Å². The van der Waals surface area contributed by atoms with Gasteiger partial charge in [-0.15, -0.1) is 0 Å². The molecular formula is C16H15ClFNO2. The average molecular weight is 308 g/mol.